The Hall–Kier alpha value is -4.16. The number of carbonyl (C=O) groups excluding carboxylic acids is 3. The van der Waals surface area contributed by atoms with Gasteiger partial charge in [-0.25, -0.2) is 4.79 Å². The monoisotopic (exact) mass is 474 g/mol. The maximum atomic E-state index is 13.4. The Kier molecular flexibility index (Phi) is 6.34. The molecular weight excluding hydrogens is 452 g/mol. The lowest BCUT2D eigenvalue weighted by Crippen LogP contribution is -2.44. The van der Waals surface area contributed by atoms with Crippen LogP contribution in [-0.2, 0) is 21.7 Å². The number of urea groups is 1. The summed E-state index contributed by atoms with van der Waals surface area (Å²) < 4.78 is 5.21. The highest BCUT2D eigenvalue weighted by atomic mass is 32.1. The summed E-state index contributed by atoms with van der Waals surface area (Å²) in [6, 6.07) is 18.6. The molecule has 1 aliphatic rings. The quantitative estimate of drug-likeness (QED) is 0.527. The highest BCUT2D eigenvalue weighted by Crippen LogP contribution is 2.30. The van der Waals surface area contributed by atoms with Gasteiger partial charge in [-0.2, -0.15) is 5.26 Å². The third-order valence-electron chi connectivity index (χ3n) is 5.74. The molecule has 4 rings (SSSR count). The van der Waals surface area contributed by atoms with Gasteiger partial charge in [-0.05, 0) is 60.3 Å². The number of benzene rings is 2. The van der Waals surface area contributed by atoms with Crippen molar-refractivity contribution in [2.45, 2.75) is 19.0 Å². The van der Waals surface area contributed by atoms with Crippen LogP contribution < -0.4 is 15.0 Å². The molecule has 1 fully saturated rings. The maximum absolute atomic E-state index is 13.4. The summed E-state index contributed by atoms with van der Waals surface area (Å²) in [6.07, 6.45) is 0. The largest absolute Gasteiger partial charge is 0.497 e. The minimum Gasteiger partial charge on any atom is -0.497 e. The van der Waals surface area contributed by atoms with Gasteiger partial charge in [-0.15, -0.1) is 11.3 Å². The van der Waals surface area contributed by atoms with Gasteiger partial charge >= 0.3 is 6.03 Å². The average Bonchev–Trinajstić information content (AvgIpc) is 3.45. The summed E-state index contributed by atoms with van der Waals surface area (Å²) in [5, 5.41) is 13.6. The van der Waals surface area contributed by atoms with E-state index in [1.807, 2.05) is 23.6 Å². The maximum Gasteiger partial charge on any atom is 0.325 e. The Morgan fingerprint density at radius 2 is 1.85 bits per heavy atom. The van der Waals surface area contributed by atoms with E-state index >= 15 is 0 Å². The molecule has 9 heteroatoms. The van der Waals surface area contributed by atoms with Gasteiger partial charge in [0.1, 0.15) is 17.8 Å². The number of hydrogen-bond donors (Lipinski definition) is 1. The fourth-order valence-corrected chi connectivity index (χ4v) is 4.47. The number of ether oxygens (including phenoxy) is 1. The van der Waals surface area contributed by atoms with E-state index in [4.69, 9.17) is 10.00 Å². The van der Waals surface area contributed by atoms with Gasteiger partial charge in [0.05, 0.1) is 25.3 Å². The van der Waals surface area contributed by atoms with Crippen LogP contribution in [-0.4, -0.2) is 36.4 Å². The van der Waals surface area contributed by atoms with Gasteiger partial charge in [-0.1, -0.05) is 18.2 Å². The van der Waals surface area contributed by atoms with Crippen LogP contribution in [0.4, 0.5) is 10.5 Å². The van der Waals surface area contributed by atoms with E-state index in [-0.39, 0.29) is 0 Å². The van der Waals surface area contributed by atoms with Crippen LogP contribution >= 0.6 is 11.3 Å². The predicted molar refractivity (Wildman–Crippen MR) is 127 cm³/mol. The van der Waals surface area contributed by atoms with Crippen molar-refractivity contribution in [1.82, 2.24) is 10.2 Å². The molecule has 0 bridgehead atoms. The topological polar surface area (TPSA) is 103 Å². The Balaban J connectivity index is 1.58. The third kappa shape index (κ3) is 4.36. The molecule has 1 aliphatic heterocycles. The first-order valence-electron chi connectivity index (χ1n) is 10.5. The summed E-state index contributed by atoms with van der Waals surface area (Å²) in [5.74, 6) is -0.271. The van der Waals surface area contributed by atoms with E-state index in [1.165, 1.54) is 11.3 Å². The van der Waals surface area contributed by atoms with Crippen molar-refractivity contribution in [3.63, 3.8) is 0 Å². The highest BCUT2D eigenvalue weighted by Gasteiger charge is 2.49. The SMILES string of the molecule is COc1ccc(N(Cc2cccs2)C(=O)CN2C(=O)N[C@](C)(c3ccc(C#N)cc3)C2=O)cc1. The Bertz CT molecular complexity index is 1250. The molecule has 0 unspecified atom stereocenters. The minimum atomic E-state index is -1.33. The number of nitrogens with one attached hydrogen (secondary N) is 1. The molecule has 1 aromatic heterocycles. The number of thiophene rings is 1. The lowest BCUT2D eigenvalue weighted by molar-refractivity contribution is -0.134. The molecule has 1 atom stereocenters. The third-order valence-corrected chi connectivity index (χ3v) is 6.60. The summed E-state index contributed by atoms with van der Waals surface area (Å²) in [5.41, 5.74) is 0.274. The number of rotatable bonds is 7. The van der Waals surface area contributed by atoms with Crippen LogP contribution in [0.25, 0.3) is 0 Å². The fraction of sp³-hybridized carbons (Fsp3) is 0.200. The van der Waals surface area contributed by atoms with Crippen LogP contribution in [0.1, 0.15) is 22.9 Å². The zero-order chi connectivity index (χ0) is 24.3. The van der Waals surface area contributed by atoms with Crippen molar-refractivity contribution < 1.29 is 19.1 Å². The number of anilines is 1. The van der Waals surface area contributed by atoms with Crippen LogP contribution in [0.5, 0.6) is 5.75 Å². The molecule has 0 radical (unpaired) electrons. The van der Waals surface area contributed by atoms with E-state index in [0.29, 0.717) is 29.1 Å². The van der Waals surface area contributed by atoms with Crippen molar-refractivity contribution in [3.8, 4) is 11.8 Å². The summed E-state index contributed by atoms with van der Waals surface area (Å²) in [6.45, 7) is 1.49. The first-order chi connectivity index (χ1) is 16.4. The number of imide groups is 1. The first-order valence-corrected chi connectivity index (χ1v) is 11.3. The van der Waals surface area contributed by atoms with Crippen LogP contribution in [0.3, 0.4) is 0 Å². The molecule has 34 heavy (non-hydrogen) atoms. The minimum absolute atomic E-state index is 0.305. The molecule has 0 aliphatic carbocycles. The smallest absolute Gasteiger partial charge is 0.325 e. The van der Waals surface area contributed by atoms with Crippen LogP contribution in [0, 0.1) is 11.3 Å². The molecule has 0 saturated carbocycles. The molecular formula is C25H22N4O4S. The number of hydrogen-bond acceptors (Lipinski definition) is 6. The number of carbonyl (C=O) groups is 3. The normalized spacial score (nSPS) is 17.3. The van der Waals surface area contributed by atoms with Crippen molar-refractivity contribution >= 4 is 34.9 Å². The van der Waals surface area contributed by atoms with Gasteiger partial charge in [0.2, 0.25) is 5.91 Å². The molecule has 3 aromatic rings. The Labute approximate surface area is 201 Å². The average molecular weight is 475 g/mol. The van der Waals surface area contributed by atoms with Gasteiger partial charge in [0, 0.05) is 10.6 Å². The standard InChI is InChI=1S/C25H22N4O4S/c1-25(18-7-5-17(14-26)6-8-18)23(31)29(24(32)27-25)16-22(30)28(15-21-4-3-13-34-21)19-9-11-20(33-2)12-10-19/h3-13H,15-16H2,1-2H3,(H,27,32)/t25-/m1/s1. The zero-order valence-corrected chi connectivity index (χ0v) is 19.5. The van der Waals surface area contributed by atoms with Crippen LogP contribution in [0.2, 0.25) is 0 Å². The molecule has 8 nitrogen and oxygen atoms in total. The van der Waals surface area contributed by atoms with Gasteiger partial charge in [-0.3, -0.25) is 14.5 Å². The number of nitrogens with zero attached hydrogens (tertiary/aromatic N) is 3. The fourth-order valence-electron chi connectivity index (χ4n) is 3.78. The summed E-state index contributed by atoms with van der Waals surface area (Å²) in [4.78, 5) is 42.9. The lowest BCUT2D eigenvalue weighted by Gasteiger charge is -2.25. The lowest BCUT2D eigenvalue weighted by atomic mass is 9.91. The molecule has 1 saturated heterocycles. The van der Waals surface area contributed by atoms with E-state index in [0.717, 1.165) is 9.78 Å². The second-order valence-corrected chi connectivity index (χ2v) is 8.93. The summed E-state index contributed by atoms with van der Waals surface area (Å²) in [7, 11) is 1.56. The molecule has 0 spiro atoms. The molecule has 172 valence electrons. The zero-order valence-electron chi connectivity index (χ0n) is 18.6. The number of nitriles is 1. The molecule has 2 aromatic carbocycles. The predicted octanol–water partition coefficient (Wildman–Crippen LogP) is 3.63. The Morgan fingerprint density at radius 1 is 1.15 bits per heavy atom. The van der Waals surface area contributed by atoms with Crippen molar-refractivity contribution in [2.75, 3.05) is 18.6 Å². The number of amides is 4. The van der Waals surface area contributed by atoms with Gasteiger partial charge in [0.15, 0.2) is 0 Å². The highest BCUT2D eigenvalue weighted by molar-refractivity contribution is 7.09. The first kappa shape index (κ1) is 23.0. The second kappa shape index (κ2) is 9.37. The second-order valence-electron chi connectivity index (χ2n) is 7.89. The molecule has 2 heterocycles. The van der Waals surface area contributed by atoms with Gasteiger partial charge < -0.3 is 15.0 Å². The van der Waals surface area contributed by atoms with Crippen molar-refractivity contribution in [2.24, 2.45) is 0 Å². The van der Waals surface area contributed by atoms with Gasteiger partial charge in [0.25, 0.3) is 5.91 Å². The van der Waals surface area contributed by atoms with E-state index < -0.39 is 29.9 Å². The van der Waals surface area contributed by atoms with Crippen LogP contribution in [0.15, 0.2) is 66.0 Å². The van der Waals surface area contributed by atoms with Crippen molar-refractivity contribution in [1.29, 1.82) is 5.26 Å². The molecule has 4 amide bonds. The van der Waals surface area contributed by atoms with E-state index in [1.54, 1.807) is 67.5 Å². The molecule has 1 N–H and O–H groups in total. The van der Waals surface area contributed by atoms with E-state index in [9.17, 15) is 14.4 Å². The van der Waals surface area contributed by atoms with Crippen molar-refractivity contribution in [3.05, 3.63) is 82.0 Å². The number of methoxy groups -OCH3 is 1. The van der Waals surface area contributed by atoms with E-state index in [2.05, 4.69) is 5.32 Å². The Morgan fingerprint density at radius 3 is 2.44 bits per heavy atom. The summed E-state index contributed by atoms with van der Waals surface area (Å²) >= 11 is 1.51.